The summed E-state index contributed by atoms with van der Waals surface area (Å²) in [5.41, 5.74) is 0.891. The molecule has 18 heavy (non-hydrogen) atoms. The van der Waals surface area contributed by atoms with Gasteiger partial charge in [-0.05, 0) is 31.0 Å². The quantitative estimate of drug-likeness (QED) is 0.766. The minimum Gasteiger partial charge on any atom is -0.360 e. The molecule has 2 nitrogen and oxygen atoms in total. The molecular weight excluding hydrogens is 267 g/mol. The van der Waals surface area contributed by atoms with E-state index in [9.17, 15) is 0 Å². The lowest BCUT2D eigenvalue weighted by Crippen LogP contribution is -2.25. The third kappa shape index (κ3) is 3.39. The van der Waals surface area contributed by atoms with Gasteiger partial charge in [0.2, 0.25) is 0 Å². The molecule has 1 heterocycles. The standard InChI is InChI=1S/C14H18Cl2N2/c1-2-3-8-18-9-4-5-14(18)17-11-6-7-12(15)13(16)10-11/h6-7,10H,2-5,8-9H2,1H3. The molecule has 98 valence electrons. The lowest BCUT2D eigenvalue weighted by molar-refractivity contribution is 0.440. The van der Waals surface area contributed by atoms with E-state index in [2.05, 4.69) is 11.8 Å². The van der Waals surface area contributed by atoms with E-state index in [0.717, 1.165) is 25.2 Å². The van der Waals surface area contributed by atoms with Crippen molar-refractivity contribution >= 4 is 34.7 Å². The van der Waals surface area contributed by atoms with Crippen LogP contribution >= 0.6 is 23.2 Å². The first-order chi connectivity index (χ1) is 8.70. The molecule has 1 aliphatic rings. The Balaban J connectivity index is 2.13. The van der Waals surface area contributed by atoms with Crippen LogP contribution in [0.4, 0.5) is 5.69 Å². The molecular formula is C14H18Cl2N2. The fraction of sp³-hybridized carbons (Fsp3) is 0.500. The lowest BCUT2D eigenvalue weighted by Gasteiger charge is -2.18. The van der Waals surface area contributed by atoms with Crippen LogP contribution in [0.3, 0.4) is 0 Å². The van der Waals surface area contributed by atoms with Crippen molar-refractivity contribution in [2.75, 3.05) is 13.1 Å². The van der Waals surface area contributed by atoms with E-state index in [-0.39, 0.29) is 0 Å². The van der Waals surface area contributed by atoms with Crippen LogP contribution in [-0.4, -0.2) is 23.8 Å². The van der Waals surface area contributed by atoms with Gasteiger partial charge in [0, 0.05) is 19.5 Å². The van der Waals surface area contributed by atoms with Crippen molar-refractivity contribution in [3.05, 3.63) is 28.2 Å². The van der Waals surface area contributed by atoms with Crippen molar-refractivity contribution in [3.63, 3.8) is 0 Å². The summed E-state index contributed by atoms with van der Waals surface area (Å²) < 4.78 is 0. The van der Waals surface area contributed by atoms with Crippen LogP contribution in [0.25, 0.3) is 0 Å². The Morgan fingerprint density at radius 1 is 1.28 bits per heavy atom. The summed E-state index contributed by atoms with van der Waals surface area (Å²) in [4.78, 5) is 7.07. The highest BCUT2D eigenvalue weighted by Gasteiger charge is 2.17. The van der Waals surface area contributed by atoms with Crippen molar-refractivity contribution < 1.29 is 0 Å². The zero-order valence-electron chi connectivity index (χ0n) is 10.6. The fourth-order valence-electron chi connectivity index (χ4n) is 2.14. The first kappa shape index (κ1) is 13.7. The van der Waals surface area contributed by atoms with E-state index in [1.165, 1.54) is 25.1 Å². The molecule has 0 spiro atoms. The topological polar surface area (TPSA) is 15.6 Å². The summed E-state index contributed by atoms with van der Waals surface area (Å²) >= 11 is 11.9. The second-order valence-electron chi connectivity index (χ2n) is 4.57. The Morgan fingerprint density at radius 3 is 2.83 bits per heavy atom. The minimum absolute atomic E-state index is 0.566. The second kappa shape index (κ2) is 6.44. The highest BCUT2D eigenvalue weighted by Crippen LogP contribution is 2.27. The van der Waals surface area contributed by atoms with Crippen molar-refractivity contribution in [1.82, 2.24) is 4.90 Å². The molecule has 0 saturated carbocycles. The highest BCUT2D eigenvalue weighted by molar-refractivity contribution is 6.42. The van der Waals surface area contributed by atoms with Gasteiger partial charge in [-0.2, -0.15) is 0 Å². The zero-order valence-corrected chi connectivity index (χ0v) is 12.1. The van der Waals surface area contributed by atoms with Crippen LogP contribution in [0.5, 0.6) is 0 Å². The Kier molecular flexibility index (Phi) is 4.90. The van der Waals surface area contributed by atoms with Gasteiger partial charge in [0.15, 0.2) is 0 Å². The van der Waals surface area contributed by atoms with E-state index in [4.69, 9.17) is 28.2 Å². The predicted molar refractivity (Wildman–Crippen MR) is 79.3 cm³/mol. The van der Waals surface area contributed by atoms with Crippen LogP contribution in [0.15, 0.2) is 23.2 Å². The summed E-state index contributed by atoms with van der Waals surface area (Å²) in [7, 11) is 0. The molecule has 0 atom stereocenters. The SMILES string of the molecule is CCCCN1CCCC1=Nc1ccc(Cl)c(Cl)c1. The number of amidine groups is 1. The molecule has 1 aromatic rings. The van der Waals surface area contributed by atoms with E-state index in [0.29, 0.717) is 10.0 Å². The van der Waals surface area contributed by atoms with Gasteiger partial charge in [-0.15, -0.1) is 0 Å². The Morgan fingerprint density at radius 2 is 2.11 bits per heavy atom. The van der Waals surface area contributed by atoms with Crippen LogP contribution < -0.4 is 0 Å². The van der Waals surface area contributed by atoms with Crippen LogP contribution in [0.2, 0.25) is 10.0 Å². The van der Waals surface area contributed by atoms with Crippen molar-refractivity contribution in [2.45, 2.75) is 32.6 Å². The number of aliphatic imine (C=N–C) groups is 1. The molecule has 2 rings (SSSR count). The molecule has 0 bridgehead atoms. The molecule has 0 radical (unpaired) electrons. The number of rotatable bonds is 4. The summed E-state index contributed by atoms with van der Waals surface area (Å²) in [6.45, 7) is 4.45. The van der Waals surface area contributed by atoms with Crippen LogP contribution in [0.1, 0.15) is 32.6 Å². The maximum absolute atomic E-state index is 6.00. The Labute approximate surface area is 119 Å². The molecule has 0 aromatic heterocycles. The largest absolute Gasteiger partial charge is 0.360 e. The minimum atomic E-state index is 0.566. The summed E-state index contributed by atoms with van der Waals surface area (Å²) in [5.74, 6) is 1.18. The van der Waals surface area contributed by atoms with Gasteiger partial charge >= 0.3 is 0 Å². The molecule has 1 aromatic carbocycles. The molecule has 4 heteroatoms. The Bertz CT molecular complexity index is 443. The molecule has 1 aliphatic heterocycles. The number of halogens is 2. The number of benzene rings is 1. The van der Waals surface area contributed by atoms with Crippen LogP contribution in [-0.2, 0) is 0 Å². The zero-order chi connectivity index (χ0) is 13.0. The third-order valence-corrected chi connectivity index (χ3v) is 3.88. The molecule has 1 fully saturated rings. The maximum atomic E-state index is 6.00. The molecule has 0 unspecified atom stereocenters. The van der Waals surface area contributed by atoms with Crippen molar-refractivity contribution in [1.29, 1.82) is 0 Å². The summed E-state index contributed by atoms with van der Waals surface area (Å²) in [6, 6.07) is 5.54. The fourth-order valence-corrected chi connectivity index (χ4v) is 2.43. The molecule has 0 aliphatic carbocycles. The van der Waals surface area contributed by atoms with Gasteiger partial charge in [0.25, 0.3) is 0 Å². The first-order valence-corrected chi connectivity index (χ1v) is 7.24. The van der Waals surface area contributed by atoms with Gasteiger partial charge in [-0.3, -0.25) is 0 Å². The number of hydrogen-bond acceptors (Lipinski definition) is 1. The van der Waals surface area contributed by atoms with Crippen molar-refractivity contribution in [3.8, 4) is 0 Å². The molecule has 0 N–H and O–H groups in total. The average molecular weight is 285 g/mol. The summed E-state index contributed by atoms with van der Waals surface area (Å²) in [6.07, 6.45) is 4.70. The van der Waals surface area contributed by atoms with E-state index < -0.39 is 0 Å². The van der Waals surface area contributed by atoms with Gasteiger partial charge in [-0.1, -0.05) is 36.5 Å². The Hall–Kier alpha value is -0.730. The predicted octanol–water partition coefficient (Wildman–Crippen LogP) is 4.92. The monoisotopic (exact) mass is 284 g/mol. The van der Waals surface area contributed by atoms with Gasteiger partial charge < -0.3 is 4.90 Å². The van der Waals surface area contributed by atoms with Crippen LogP contribution in [0, 0.1) is 0 Å². The van der Waals surface area contributed by atoms with Crippen molar-refractivity contribution in [2.24, 2.45) is 4.99 Å². The summed E-state index contributed by atoms with van der Waals surface area (Å²) in [5, 5.41) is 1.14. The third-order valence-electron chi connectivity index (χ3n) is 3.14. The smallest absolute Gasteiger partial charge is 0.105 e. The number of nitrogens with zero attached hydrogens (tertiary/aromatic N) is 2. The second-order valence-corrected chi connectivity index (χ2v) is 5.38. The van der Waals surface area contributed by atoms with E-state index in [1.54, 1.807) is 6.07 Å². The molecule has 0 amide bonds. The number of unbranched alkanes of at least 4 members (excludes halogenated alkanes) is 1. The van der Waals surface area contributed by atoms with Gasteiger partial charge in [0.05, 0.1) is 15.7 Å². The maximum Gasteiger partial charge on any atom is 0.105 e. The van der Waals surface area contributed by atoms with Gasteiger partial charge in [0.1, 0.15) is 5.84 Å². The number of hydrogen-bond donors (Lipinski definition) is 0. The normalized spacial score (nSPS) is 17.7. The molecule has 1 saturated heterocycles. The average Bonchev–Trinajstić information content (AvgIpc) is 2.79. The van der Waals surface area contributed by atoms with E-state index >= 15 is 0 Å². The highest BCUT2D eigenvalue weighted by atomic mass is 35.5. The lowest BCUT2D eigenvalue weighted by atomic mass is 10.3. The first-order valence-electron chi connectivity index (χ1n) is 6.48. The van der Waals surface area contributed by atoms with Gasteiger partial charge in [-0.25, -0.2) is 4.99 Å². The van der Waals surface area contributed by atoms with E-state index in [1.807, 2.05) is 12.1 Å². The number of likely N-dealkylation sites (tertiary alicyclic amines) is 1.